The standard InChI is InChI=1S/C21H23N3O4S2/c1-4-28-17-9-5-15(6-10-17)13-20(25)23-21-22-19(14-29-21)16-7-11-18(12-8-16)30(26,27)24(2)3/h5-12,14H,4,13H2,1-3H3,(H,22,23,25). The number of hydrogen-bond acceptors (Lipinski definition) is 6. The first-order valence-electron chi connectivity index (χ1n) is 9.29. The maximum absolute atomic E-state index is 12.3. The van der Waals surface area contributed by atoms with Crippen molar-refractivity contribution in [3.05, 3.63) is 59.5 Å². The van der Waals surface area contributed by atoms with Crippen LogP contribution in [-0.2, 0) is 21.2 Å². The molecule has 9 heteroatoms. The lowest BCUT2D eigenvalue weighted by atomic mass is 10.1. The minimum atomic E-state index is -3.47. The van der Waals surface area contributed by atoms with Crippen LogP contribution in [-0.4, -0.2) is 44.3 Å². The van der Waals surface area contributed by atoms with Gasteiger partial charge in [0.25, 0.3) is 0 Å². The fourth-order valence-electron chi connectivity index (χ4n) is 2.69. The van der Waals surface area contributed by atoms with Crippen LogP contribution in [0.5, 0.6) is 5.75 Å². The van der Waals surface area contributed by atoms with Gasteiger partial charge in [0.1, 0.15) is 5.75 Å². The summed E-state index contributed by atoms with van der Waals surface area (Å²) >= 11 is 1.32. The summed E-state index contributed by atoms with van der Waals surface area (Å²) in [5.74, 6) is 0.614. The predicted molar refractivity (Wildman–Crippen MR) is 118 cm³/mol. The molecule has 0 aliphatic rings. The highest BCUT2D eigenvalue weighted by Gasteiger charge is 2.17. The predicted octanol–water partition coefficient (Wildman–Crippen LogP) is 3.64. The van der Waals surface area contributed by atoms with E-state index in [0.29, 0.717) is 17.4 Å². The van der Waals surface area contributed by atoms with Gasteiger partial charge in [-0.2, -0.15) is 0 Å². The number of thiazole rings is 1. The van der Waals surface area contributed by atoms with E-state index in [1.165, 1.54) is 29.7 Å². The molecule has 30 heavy (non-hydrogen) atoms. The second-order valence-electron chi connectivity index (χ2n) is 6.65. The molecule has 158 valence electrons. The van der Waals surface area contributed by atoms with Crippen LogP contribution in [0.15, 0.2) is 58.8 Å². The van der Waals surface area contributed by atoms with Gasteiger partial charge in [-0.25, -0.2) is 17.7 Å². The van der Waals surface area contributed by atoms with Crippen molar-refractivity contribution in [2.75, 3.05) is 26.0 Å². The Bertz CT molecular complexity index is 1110. The SMILES string of the molecule is CCOc1ccc(CC(=O)Nc2nc(-c3ccc(S(=O)(=O)N(C)C)cc3)cs2)cc1. The molecule has 0 spiro atoms. The molecule has 1 amide bonds. The van der Waals surface area contributed by atoms with Crippen molar-refractivity contribution >= 4 is 32.4 Å². The molecule has 3 aromatic rings. The quantitative estimate of drug-likeness (QED) is 0.572. The van der Waals surface area contributed by atoms with Crippen molar-refractivity contribution in [1.82, 2.24) is 9.29 Å². The molecule has 2 aromatic carbocycles. The van der Waals surface area contributed by atoms with Gasteiger partial charge >= 0.3 is 0 Å². The largest absolute Gasteiger partial charge is 0.494 e. The number of carbonyl (C=O) groups excluding carboxylic acids is 1. The van der Waals surface area contributed by atoms with Crippen molar-refractivity contribution < 1.29 is 17.9 Å². The van der Waals surface area contributed by atoms with Crippen LogP contribution in [0.2, 0.25) is 0 Å². The van der Waals surface area contributed by atoms with E-state index in [0.717, 1.165) is 16.9 Å². The summed E-state index contributed by atoms with van der Waals surface area (Å²) in [6.45, 7) is 2.52. The second kappa shape index (κ2) is 9.38. The normalized spacial score (nSPS) is 11.5. The number of sulfonamides is 1. The molecule has 1 aromatic heterocycles. The van der Waals surface area contributed by atoms with E-state index in [1.807, 2.05) is 36.6 Å². The van der Waals surface area contributed by atoms with Gasteiger partial charge in [0.15, 0.2) is 5.13 Å². The Kier molecular flexibility index (Phi) is 6.86. The zero-order valence-electron chi connectivity index (χ0n) is 17.0. The zero-order valence-corrected chi connectivity index (χ0v) is 18.6. The number of nitrogens with one attached hydrogen (secondary N) is 1. The van der Waals surface area contributed by atoms with Crippen molar-refractivity contribution in [2.24, 2.45) is 0 Å². The van der Waals surface area contributed by atoms with E-state index in [4.69, 9.17) is 4.74 Å². The van der Waals surface area contributed by atoms with Crippen LogP contribution >= 0.6 is 11.3 Å². The average molecular weight is 446 g/mol. The molecule has 0 saturated heterocycles. The lowest BCUT2D eigenvalue weighted by Crippen LogP contribution is -2.22. The number of amides is 1. The fraction of sp³-hybridized carbons (Fsp3) is 0.238. The summed E-state index contributed by atoms with van der Waals surface area (Å²) in [6, 6.07) is 13.9. The summed E-state index contributed by atoms with van der Waals surface area (Å²) < 4.78 is 30.9. The van der Waals surface area contributed by atoms with E-state index >= 15 is 0 Å². The summed E-state index contributed by atoms with van der Waals surface area (Å²) in [6.07, 6.45) is 0.235. The molecule has 0 aliphatic heterocycles. The first kappa shape index (κ1) is 21.9. The topological polar surface area (TPSA) is 88.6 Å². The molecule has 3 rings (SSSR count). The molecule has 0 unspecified atom stereocenters. The third-order valence-corrected chi connectivity index (χ3v) is 6.87. The lowest BCUT2D eigenvalue weighted by molar-refractivity contribution is -0.115. The highest BCUT2D eigenvalue weighted by molar-refractivity contribution is 7.89. The summed E-state index contributed by atoms with van der Waals surface area (Å²) in [4.78, 5) is 17.0. The zero-order chi connectivity index (χ0) is 21.7. The molecule has 0 bridgehead atoms. The number of aromatic nitrogens is 1. The van der Waals surface area contributed by atoms with Gasteiger partial charge in [0.2, 0.25) is 15.9 Å². The molecule has 0 aliphatic carbocycles. The number of nitrogens with zero attached hydrogens (tertiary/aromatic N) is 2. The van der Waals surface area contributed by atoms with Crippen LogP contribution in [0, 0.1) is 0 Å². The molecule has 0 radical (unpaired) electrons. The van der Waals surface area contributed by atoms with E-state index in [-0.39, 0.29) is 17.2 Å². The molecule has 7 nitrogen and oxygen atoms in total. The number of carbonyl (C=O) groups is 1. The average Bonchev–Trinajstić information content (AvgIpc) is 3.18. The van der Waals surface area contributed by atoms with E-state index in [1.54, 1.807) is 24.3 Å². The van der Waals surface area contributed by atoms with Gasteiger partial charge in [-0.15, -0.1) is 11.3 Å². The maximum Gasteiger partial charge on any atom is 0.242 e. The highest BCUT2D eigenvalue weighted by Crippen LogP contribution is 2.26. The minimum Gasteiger partial charge on any atom is -0.494 e. The molecule has 0 fully saturated rings. The second-order valence-corrected chi connectivity index (χ2v) is 9.66. The minimum absolute atomic E-state index is 0.160. The van der Waals surface area contributed by atoms with Crippen LogP contribution in [0.4, 0.5) is 5.13 Å². The van der Waals surface area contributed by atoms with Gasteiger partial charge in [-0.3, -0.25) is 4.79 Å². The molecule has 1 heterocycles. The lowest BCUT2D eigenvalue weighted by Gasteiger charge is -2.11. The van der Waals surface area contributed by atoms with E-state index in [2.05, 4.69) is 10.3 Å². The van der Waals surface area contributed by atoms with E-state index in [9.17, 15) is 13.2 Å². The highest BCUT2D eigenvalue weighted by atomic mass is 32.2. The summed E-state index contributed by atoms with van der Waals surface area (Å²) in [5.41, 5.74) is 2.33. The Morgan fingerprint density at radius 1 is 1.10 bits per heavy atom. The molecule has 1 N–H and O–H groups in total. The Morgan fingerprint density at radius 2 is 1.77 bits per heavy atom. The first-order valence-corrected chi connectivity index (χ1v) is 11.6. The smallest absolute Gasteiger partial charge is 0.242 e. The van der Waals surface area contributed by atoms with E-state index < -0.39 is 10.0 Å². The third-order valence-electron chi connectivity index (χ3n) is 4.28. The van der Waals surface area contributed by atoms with Gasteiger partial charge in [-0.05, 0) is 36.8 Å². The van der Waals surface area contributed by atoms with Crippen molar-refractivity contribution in [2.45, 2.75) is 18.2 Å². The Labute approximate surface area is 180 Å². The van der Waals surface area contributed by atoms with Crippen LogP contribution < -0.4 is 10.1 Å². The van der Waals surface area contributed by atoms with Gasteiger partial charge < -0.3 is 10.1 Å². The van der Waals surface area contributed by atoms with Crippen molar-refractivity contribution in [3.8, 4) is 17.0 Å². The Balaban J connectivity index is 1.64. The van der Waals surface area contributed by atoms with Crippen LogP contribution in [0.25, 0.3) is 11.3 Å². The van der Waals surface area contributed by atoms with Crippen LogP contribution in [0.1, 0.15) is 12.5 Å². The molecule has 0 saturated carbocycles. The number of benzene rings is 2. The molecular weight excluding hydrogens is 422 g/mol. The summed E-state index contributed by atoms with van der Waals surface area (Å²) in [7, 11) is -0.488. The van der Waals surface area contributed by atoms with Crippen molar-refractivity contribution in [3.63, 3.8) is 0 Å². The van der Waals surface area contributed by atoms with Crippen LogP contribution in [0.3, 0.4) is 0 Å². The van der Waals surface area contributed by atoms with Gasteiger partial charge in [0, 0.05) is 25.0 Å². The molecular formula is C21H23N3O4S2. The third kappa shape index (κ3) is 5.24. The first-order chi connectivity index (χ1) is 14.3. The fourth-order valence-corrected chi connectivity index (χ4v) is 4.33. The number of rotatable bonds is 8. The Hall–Kier alpha value is -2.75. The number of anilines is 1. The van der Waals surface area contributed by atoms with Crippen molar-refractivity contribution in [1.29, 1.82) is 0 Å². The van der Waals surface area contributed by atoms with Gasteiger partial charge in [-0.1, -0.05) is 24.3 Å². The monoisotopic (exact) mass is 445 g/mol. The number of ether oxygens (including phenoxy) is 1. The molecule has 0 atom stereocenters. The Morgan fingerprint density at radius 3 is 2.37 bits per heavy atom. The maximum atomic E-state index is 12.3. The number of hydrogen-bond donors (Lipinski definition) is 1. The van der Waals surface area contributed by atoms with Gasteiger partial charge in [0.05, 0.1) is 23.6 Å². The summed E-state index contributed by atoms with van der Waals surface area (Å²) in [5, 5.41) is 5.12.